The third-order valence-electron chi connectivity index (χ3n) is 4.46. The first-order valence-electron chi connectivity index (χ1n) is 9.19. The van der Waals surface area contributed by atoms with Crippen molar-refractivity contribution in [2.75, 3.05) is 0 Å². The number of aromatic nitrogens is 2. The zero-order valence-electron chi connectivity index (χ0n) is 16.3. The topological polar surface area (TPSA) is 136 Å². The van der Waals surface area contributed by atoms with Gasteiger partial charge in [-0.1, -0.05) is 25.1 Å². The Labute approximate surface area is 170 Å². The Hall–Kier alpha value is -4.08. The van der Waals surface area contributed by atoms with Gasteiger partial charge in [-0.15, -0.1) is 0 Å². The van der Waals surface area contributed by atoms with Crippen LogP contribution in [0.25, 0.3) is 10.8 Å². The molecule has 3 aromatic rings. The van der Waals surface area contributed by atoms with Gasteiger partial charge in [-0.2, -0.15) is 5.10 Å². The number of fused-ring (bicyclic) bond motifs is 1. The van der Waals surface area contributed by atoms with Crippen molar-refractivity contribution < 1.29 is 14.5 Å². The first kappa shape index (κ1) is 20.6. The molecule has 0 atom stereocenters. The highest BCUT2D eigenvalue weighted by Gasteiger charge is 2.18. The number of nitro benzene ring substituents is 1. The van der Waals surface area contributed by atoms with E-state index in [4.69, 9.17) is 0 Å². The molecule has 3 rings (SSSR count). The molecule has 0 saturated carbocycles. The van der Waals surface area contributed by atoms with Crippen LogP contribution >= 0.6 is 0 Å². The molecule has 10 heteroatoms. The second kappa shape index (κ2) is 8.52. The van der Waals surface area contributed by atoms with Crippen LogP contribution in [0.3, 0.4) is 0 Å². The van der Waals surface area contributed by atoms with Crippen LogP contribution in [-0.4, -0.2) is 26.5 Å². The molecule has 0 bridgehead atoms. The quantitative estimate of drug-likeness (QED) is 0.489. The van der Waals surface area contributed by atoms with E-state index in [1.54, 1.807) is 24.3 Å². The molecule has 10 nitrogen and oxygen atoms in total. The summed E-state index contributed by atoms with van der Waals surface area (Å²) in [4.78, 5) is 47.9. The Morgan fingerprint density at radius 2 is 1.77 bits per heavy atom. The van der Waals surface area contributed by atoms with E-state index in [9.17, 15) is 24.5 Å². The lowest BCUT2D eigenvalue weighted by molar-refractivity contribution is -0.385. The van der Waals surface area contributed by atoms with Crippen molar-refractivity contribution in [3.05, 3.63) is 79.8 Å². The average Bonchev–Trinajstić information content (AvgIpc) is 2.73. The van der Waals surface area contributed by atoms with E-state index < -0.39 is 16.7 Å². The lowest BCUT2D eigenvalue weighted by Gasteiger charge is -2.11. The number of carbonyl (C=O) groups is 2. The zero-order valence-corrected chi connectivity index (χ0v) is 16.3. The van der Waals surface area contributed by atoms with Crippen molar-refractivity contribution in [3.8, 4) is 0 Å². The number of nitrogens with zero attached hydrogens (tertiary/aromatic N) is 3. The van der Waals surface area contributed by atoms with Crippen LogP contribution in [0.2, 0.25) is 0 Å². The Morgan fingerprint density at radius 1 is 1.10 bits per heavy atom. The monoisotopic (exact) mass is 409 g/mol. The molecular formula is C20H19N5O5. The number of hydrazine groups is 1. The minimum atomic E-state index is -0.692. The summed E-state index contributed by atoms with van der Waals surface area (Å²) in [6, 6.07) is 10.5. The summed E-state index contributed by atoms with van der Waals surface area (Å²) in [5.74, 6) is -1.34. The standard InChI is InChI=1S/C20H19N5O5/c1-3-10-24-20(28)15-7-5-4-6-14(15)17(23-24)19(27)22-21-18(26)13-8-9-16(25(29)30)12(2)11-13/h4-9,11H,3,10H2,1-2H3,(H,21,26)(H,22,27). The molecule has 2 aromatic carbocycles. The Kier molecular flexibility index (Phi) is 5.86. The van der Waals surface area contributed by atoms with Crippen LogP contribution in [0.5, 0.6) is 0 Å². The fraction of sp³-hybridized carbons (Fsp3) is 0.200. The second-order valence-electron chi connectivity index (χ2n) is 6.59. The molecule has 0 fully saturated rings. The van der Waals surface area contributed by atoms with Gasteiger partial charge in [0.2, 0.25) is 0 Å². The summed E-state index contributed by atoms with van der Waals surface area (Å²) in [6.45, 7) is 3.74. The van der Waals surface area contributed by atoms with E-state index in [0.717, 1.165) is 0 Å². The van der Waals surface area contributed by atoms with Crippen LogP contribution < -0.4 is 16.4 Å². The van der Waals surface area contributed by atoms with Gasteiger partial charge in [-0.25, -0.2) is 4.68 Å². The molecule has 1 aromatic heterocycles. The molecule has 0 spiro atoms. The van der Waals surface area contributed by atoms with Crippen LogP contribution in [0.4, 0.5) is 5.69 Å². The minimum absolute atomic E-state index is 0.00108. The molecule has 2 amide bonds. The highest BCUT2D eigenvalue weighted by Crippen LogP contribution is 2.18. The maximum atomic E-state index is 12.7. The maximum absolute atomic E-state index is 12.7. The van der Waals surface area contributed by atoms with Gasteiger partial charge in [0.05, 0.1) is 10.3 Å². The van der Waals surface area contributed by atoms with Gasteiger partial charge in [-0.3, -0.25) is 35.3 Å². The van der Waals surface area contributed by atoms with Crippen molar-refractivity contribution in [1.29, 1.82) is 0 Å². The lowest BCUT2D eigenvalue weighted by atomic mass is 10.1. The number of nitro groups is 1. The molecule has 0 aliphatic heterocycles. The average molecular weight is 409 g/mol. The summed E-state index contributed by atoms with van der Waals surface area (Å²) in [5.41, 5.74) is 4.61. The Balaban J connectivity index is 1.84. The number of hydrogen-bond acceptors (Lipinski definition) is 6. The van der Waals surface area contributed by atoms with Crippen LogP contribution in [0.1, 0.15) is 39.8 Å². The fourth-order valence-electron chi connectivity index (χ4n) is 3.01. The molecular weight excluding hydrogens is 390 g/mol. The lowest BCUT2D eigenvalue weighted by Crippen LogP contribution is -2.42. The van der Waals surface area contributed by atoms with Crippen LogP contribution in [0, 0.1) is 17.0 Å². The molecule has 0 aliphatic rings. The number of amides is 2. The van der Waals surface area contributed by atoms with E-state index in [-0.39, 0.29) is 22.5 Å². The van der Waals surface area contributed by atoms with Crippen molar-refractivity contribution in [1.82, 2.24) is 20.6 Å². The summed E-state index contributed by atoms with van der Waals surface area (Å²) >= 11 is 0. The van der Waals surface area contributed by atoms with Crippen molar-refractivity contribution in [3.63, 3.8) is 0 Å². The van der Waals surface area contributed by atoms with Crippen LogP contribution in [-0.2, 0) is 6.54 Å². The minimum Gasteiger partial charge on any atom is -0.267 e. The predicted molar refractivity (Wildman–Crippen MR) is 109 cm³/mol. The molecule has 154 valence electrons. The molecule has 0 unspecified atom stereocenters. The molecule has 2 N–H and O–H groups in total. The van der Waals surface area contributed by atoms with Gasteiger partial charge < -0.3 is 0 Å². The molecule has 0 saturated heterocycles. The third kappa shape index (κ3) is 4.02. The Bertz CT molecular complexity index is 1220. The van der Waals surface area contributed by atoms with Crippen LogP contribution in [0.15, 0.2) is 47.3 Å². The van der Waals surface area contributed by atoms with Crippen molar-refractivity contribution in [2.24, 2.45) is 0 Å². The number of rotatable bonds is 5. The molecule has 0 radical (unpaired) electrons. The van der Waals surface area contributed by atoms with Crippen molar-refractivity contribution in [2.45, 2.75) is 26.8 Å². The highest BCUT2D eigenvalue weighted by atomic mass is 16.6. The van der Waals surface area contributed by atoms with E-state index in [1.807, 2.05) is 6.92 Å². The van der Waals surface area contributed by atoms with Crippen molar-refractivity contribution >= 4 is 28.3 Å². The number of benzene rings is 2. The van der Waals surface area contributed by atoms with Gasteiger partial charge in [0.1, 0.15) is 0 Å². The summed E-state index contributed by atoms with van der Waals surface area (Å²) in [5, 5.41) is 15.8. The highest BCUT2D eigenvalue weighted by molar-refractivity contribution is 6.06. The van der Waals surface area contributed by atoms with Gasteiger partial charge in [0.15, 0.2) is 5.69 Å². The summed E-state index contributed by atoms with van der Waals surface area (Å²) in [7, 11) is 0. The number of nitrogens with one attached hydrogen (secondary N) is 2. The van der Waals surface area contributed by atoms with E-state index in [2.05, 4.69) is 16.0 Å². The van der Waals surface area contributed by atoms with E-state index in [0.29, 0.717) is 29.3 Å². The first-order chi connectivity index (χ1) is 14.3. The predicted octanol–water partition coefficient (Wildman–Crippen LogP) is 2.10. The summed E-state index contributed by atoms with van der Waals surface area (Å²) < 4.78 is 1.22. The van der Waals surface area contributed by atoms with Gasteiger partial charge in [0, 0.05) is 29.1 Å². The number of aryl methyl sites for hydroxylation is 2. The zero-order chi connectivity index (χ0) is 21.8. The first-order valence-corrected chi connectivity index (χ1v) is 9.19. The fourth-order valence-corrected chi connectivity index (χ4v) is 3.01. The second-order valence-corrected chi connectivity index (χ2v) is 6.59. The van der Waals surface area contributed by atoms with Gasteiger partial charge in [-0.05, 0) is 31.5 Å². The largest absolute Gasteiger partial charge is 0.290 e. The molecule has 1 heterocycles. The van der Waals surface area contributed by atoms with Gasteiger partial charge >= 0.3 is 0 Å². The van der Waals surface area contributed by atoms with E-state index in [1.165, 1.54) is 29.8 Å². The Morgan fingerprint density at radius 3 is 2.40 bits per heavy atom. The van der Waals surface area contributed by atoms with Gasteiger partial charge in [0.25, 0.3) is 23.1 Å². The van der Waals surface area contributed by atoms with E-state index >= 15 is 0 Å². The third-order valence-corrected chi connectivity index (χ3v) is 4.46. The summed E-state index contributed by atoms with van der Waals surface area (Å²) in [6.07, 6.45) is 0.655. The maximum Gasteiger partial charge on any atom is 0.290 e. The number of carbonyl (C=O) groups excluding carboxylic acids is 2. The SMILES string of the molecule is CCCn1nc(C(=O)NNC(=O)c2ccc([N+](=O)[O-])c(C)c2)c2ccccc2c1=O. The molecule has 30 heavy (non-hydrogen) atoms. The molecule has 0 aliphatic carbocycles. The number of hydrogen-bond donors (Lipinski definition) is 2. The smallest absolute Gasteiger partial charge is 0.267 e. The normalized spacial score (nSPS) is 10.6.